The third-order valence-electron chi connectivity index (χ3n) is 3.91. The van der Waals surface area contributed by atoms with Gasteiger partial charge in [0, 0.05) is 38.3 Å². The highest BCUT2D eigenvalue weighted by Gasteiger charge is 2.21. The highest BCUT2D eigenvalue weighted by Crippen LogP contribution is 2.15. The minimum Gasteiger partial charge on any atom is -0.437 e. The molecule has 1 saturated heterocycles. The van der Waals surface area contributed by atoms with Gasteiger partial charge in [-0.3, -0.25) is 9.69 Å². The third-order valence-corrected chi connectivity index (χ3v) is 3.91. The van der Waals surface area contributed by atoms with E-state index in [0.717, 1.165) is 25.2 Å². The second-order valence-electron chi connectivity index (χ2n) is 6.16. The Kier molecular flexibility index (Phi) is 5.27. The number of hydrogen-bond donors (Lipinski definition) is 1. The Labute approximate surface area is 141 Å². The minimum atomic E-state index is -0.147. The van der Waals surface area contributed by atoms with Crippen molar-refractivity contribution in [2.45, 2.75) is 26.1 Å². The lowest BCUT2D eigenvalue weighted by molar-refractivity contribution is -0.116. The van der Waals surface area contributed by atoms with Gasteiger partial charge in [0.1, 0.15) is 5.52 Å². The molecule has 6 nitrogen and oxygen atoms in total. The number of morpholine rings is 1. The number of aromatic nitrogens is 1. The van der Waals surface area contributed by atoms with Crippen molar-refractivity contribution >= 4 is 23.1 Å². The number of nitrogens with zero attached hydrogens (tertiary/aromatic N) is 2. The zero-order valence-electron chi connectivity index (χ0n) is 14.1. The summed E-state index contributed by atoms with van der Waals surface area (Å²) in [5.41, 5.74) is 1.50. The number of amides is 1. The van der Waals surface area contributed by atoms with Gasteiger partial charge in [0.25, 0.3) is 0 Å². The second-order valence-corrected chi connectivity index (χ2v) is 6.16. The maximum absolute atomic E-state index is 11.9. The van der Waals surface area contributed by atoms with E-state index < -0.39 is 0 Å². The Morgan fingerprint density at radius 3 is 2.83 bits per heavy atom. The quantitative estimate of drug-likeness (QED) is 0.851. The molecule has 6 heteroatoms. The van der Waals surface area contributed by atoms with Gasteiger partial charge in [0.2, 0.25) is 11.8 Å². The molecule has 1 amide bonds. The number of rotatable bonds is 5. The first-order valence-electron chi connectivity index (χ1n) is 8.29. The Morgan fingerprint density at radius 2 is 2.08 bits per heavy atom. The number of carbonyl (C=O) groups excluding carboxylic acids is 1. The van der Waals surface area contributed by atoms with Crippen molar-refractivity contribution in [2.75, 3.05) is 26.2 Å². The van der Waals surface area contributed by atoms with Crippen LogP contribution in [0.5, 0.6) is 0 Å². The van der Waals surface area contributed by atoms with Crippen LogP contribution in [0.25, 0.3) is 17.2 Å². The Balaban J connectivity index is 1.45. The molecule has 2 atom stereocenters. The Morgan fingerprint density at radius 1 is 1.33 bits per heavy atom. The smallest absolute Gasteiger partial charge is 0.244 e. The summed E-state index contributed by atoms with van der Waals surface area (Å²) >= 11 is 0. The van der Waals surface area contributed by atoms with Crippen molar-refractivity contribution in [3.63, 3.8) is 0 Å². The predicted molar refractivity (Wildman–Crippen MR) is 92.5 cm³/mol. The summed E-state index contributed by atoms with van der Waals surface area (Å²) in [7, 11) is 0. The van der Waals surface area contributed by atoms with Gasteiger partial charge in [-0.1, -0.05) is 12.1 Å². The molecule has 1 N–H and O–H groups in total. The van der Waals surface area contributed by atoms with Crippen molar-refractivity contribution < 1.29 is 13.9 Å². The molecule has 24 heavy (non-hydrogen) atoms. The van der Waals surface area contributed by atoms with Crippen molar-refractivity contribution in [3.8, 4) is 0 Å². The summed E-state index contributed by atoms with van der Waals surface area (Å²) in [5.74, 6) is 0.286. The number of fused-ring (bicyclic) bond motifs is 1. The monoisotopic (exact) mass is 329 g/mol. The highest BCUT2D eigenvalue weighted by atomic mass is 16.5. The molecular weight excluding hydrogens is 306 g/mol. The van der Waals surface area contributed by atoms with Gasteiger partial charge in [0.15, 0.2) is 5.58 Å². The number of para-hydroxylation sites is 2. The van der Waals surface area contributed by atoms with E-state index in [-0.39, 0.29) is 18.1 Å². The molecule has 1 aliphatic heterocycles. The van der Waals surface area contributed by atoms with Crippen LogP contribution in [0.2, 0.25) is 0 Å². The average molecular weight is 329 g/mol. The van der Waals surface area contributed by atoms with E-state index in [4.69, 9.17) is 9.15 Å². The topological polar surface area (TPSA) is 67.6 Å². The molecular formula is C18H23N3O3. The number of nitrogens with one attached hydrogen (secondary N) is 1. The fraction of sp³-hybridized carbons (Fsp3) is 0.444. The van der Waals surface area contributed by atoms with E-state index in [1.54, 1.807) is 6.08 Å². The van der Waals surface area contributed by atoms with Gasteiger partial charge in [0.05, 0.1) is 12.2 Å². The third kappa shape index (κ3) is 4.43. The summed E-state index contributed by atoms with van der Waals surface area (Å²) < 4.78 is 11.2. The van der Waals surface area contributed by atoms with E-state index in [2.05, 4.69) is 29.0 Å². The lowest BCUT2D eigenvalue weighted by atomic mass is 10.2. The van der Waals surface area contributed by atoms with Crippen LogP contribution in [0.1, 0.15) is 19.7 Å². The van der Waals surface area contributed by atoms with Gasteiger partial charge in [-0.15, -0.1) is 0 Å². The van der Waals surface area contributed by atoms with Crippen LogP contribution in [0.4, 0.5) is 0 Å². The van der Waals surface area contributed by atoms with Crippen molar-refractivity contribution in [1.29, 1.82) is 0 Å². The van der Waals surface area contributed by atoms with E-state index in [1.165, 1.54) is 6.08 Å². The molecule has 3 rings (SSSR count). The van der Waals surface area contributed by atoms with Crippen LogP contribution < -0.4 is 5.32 Å². The van der Waals surface area contributed by atoms with Crippen molar-refractivity contribution in [2.24, 2.45) is 0 Å². The molecule has 0 saturated carbocycles. The van der Waals surface area contributed by atoms with Crippen LogP contribution in [0, 0.1) is 0 Å². The predicted octanol–water partition coefficient (Wildman–Crippen LogP) is 2.07. The summed E-state index contributed by atoms with van der Waals surface area (Å²) in [5, 5.41) is 2.89. The first-order chi connectivity index (χ1) is 11.6. The molecule has 2 aromatic rings. The van der Waals surface area contributed by atoms with Crippen LogP contribution in [0.3, 0.4) is 0 Å². The van der Waals surface area contributed by atoms with Gasteiger partial charge in [-0.05, 0) is 26.0 Å². The molecule has 0 bridgehead atoms. The van der Waals surface area contributed by atoms with Gasteiger partial charge in [-0.2, -0.15) is 0 Å². The molecule has 1 aromatic carbocycles. The zero-order chi connectivity index (χ0) is 16.9. The van der Waals surface area contributed by atoms with E-state index in [0.29, 0.717) is 18.0 Å². The molecule has 1 fully saturated rings. The molecule has 2 heterocycles. The fourth-order valence-corrected chi connectivity index (χ4v) is 2.97. The number of hydrogen-bond acceptors (Lipinski definition) is 5. The summed E-state index contributed by atoms with van der Waals surface area (Å²) in [6.07, 6.45) is 3.52. The first kappa shape index (κ1) is 16.7. The lowest BCUT2D eigenvalue weighted by Gasteiger charge is -2.35. The largest absolute Gasteiger partial charge is 0.437 e. The molecule has 0 aliphatic carbocycles. The number of benzene rings is 1. The summed E-state index contributed by atoms with van der Waals surface area (Å²) in [6, 6.07) is 7.52. The number of oxazole rings is 1. The molecule has 2 unspecified atom stereocenters. The fourth-order valence-electron chi connectivity index (χ4n) is 2.97. The zero-order valence-corrected chi connectivity index (χ0v) is 14.1. The van der Waals surface area contributed by atoms with E-state index >= 15 is 0 Å². The van der Waals surface area contributed by atoms with Crippen LogP contribution in [-0.4, -0.2) is 54.2 Å². The van der Waals surface area contributed by atoms with Gasteiger partial charge >= 0.3 is 0 Å². The number of carbonyl (C=O) groups is 1. The van der Waals surface area contributed by atoms with Crippen LogP contribution >= 0.6 is 0 Å². The Hall–Kier alpha value is -2.18. The molecule has 1 aliphatic rings. The van der Waals surface area contributed by atoms with Gasteiger partial charge < -0.3 is 14.5 Å². The van der Waals surface area contributed by atoms with Crippen molar-refractivity contribution in [1.82, 2.24) is 15.2 Å². The summed E-state index contributed by atoms with van der Waals surface area (Å²) in [6.45, 7) is 7.38. The van der Waals surface area contributed by atoms with Crippen molar-refractivity contribution in [3.05, 3.63) is 36.2 Å². The van der Waals surface area contributed by atoms with Gasteiger partial charge in [-0.25, -0.2) is 4.98 Å². The van der Waals surface area contributed by atoms with Crippen LogP contribution in [0.15, 0.2) is 34.8 Å². The van der Waals surface area contributed by atoms with E-state index in [9.17, 15) is 4.79 Å². The average Bonchev–Trinajstić information content (AvgIpc) is 2.95. The molecule has 128 valence electrons. The maximum atomic E-state index is 11.9. The van der Waals surface area contributed by atoms with E-state index in [1.807, 2.05) is 24.3 Å². The summed E-state index contributed by atoms with van der Waals surface area (Å²) in [4.78, 5) is 18.5. The highest BCUT2D eigenvalue weighted by molar-refractivity contribution is 5.91. The SMILES string of the molecule is CC1CN(CCNC(=O)/C=C/c2nc3ccccc3o2)CC(C)O1. The Bertz CT molecular complexity index is 682. The maximum Gasteiger partial charge on any atom is 0.244 e. The molecule has 0 spiro atoms. The standard InChI is InChI=1S/C18H23N3O3/c1-13-11-21(12-14(2)23-13)10-9-19-17(22)7-8-18-20-15-5-3-4-6-16(15)24-18/h3-8,13-14H,9-12H2,1-2H3,(H,19,22)/b8-7+. The second kappa shape index (κ2) is 7.59. The first-order valence-corrected chi connectivity index (χ1v) is 8.29. The lowest BCUT2D eigenvalue weighted by Crippen LogP contribution is -2.47. The number of ether oxygens (including phenoxy) is 1. The normalized spacial score (nSPS) is 22.2. The molecule has 1 aromatic heterocycles. The van der Waals surface area contributed by atoms with Crippen LogP contribution in [-0.2, 0) is 9.53 Å². The minimum absolute atomic E-state index is 0.147. The molecule has 0 radical (unpaired) electrons.